The first-order chi connectivity index (χ1) is 14.6. The zero-order valence-corrected chi connectivity index (χ0v) is 18.5. The minimum Gasteiger partial charge on any atom is -0.395 e. The third-order valence-corrected chi connectivity index (χ3v) is 6.83. The second-order valence-corrected chi connectivity index (χ2v) is 8.94. The highest BCUT2D eigenvalue weighted by Crippen LogP contribution is 2.26. The van der Waals surface area contributed by atoms with Crippen LogP contribution in [0, 0.1) is 11.8 Å². The van der Waals surface area contributed by atoms with Crippen LogP contribution in [0.15, 0.2) is 60.7 Å². The number of aliphatic hydroxyl groups is 2. The molecule has 0 amide bonds. The van der Waals surface area contributed by atoms with Gasteiger partial charge < -0.3 is 10.2 Å². The van der Waals surface area contributed by atoms with Gasteiger partial charge in [-0.1, -0.05) is 74.5 Å². The zero-order valence-electron chi connectivity index (χ0n) is 18.5. The van der Waals surface area contributed by atoms with Gasteiger partial charge in [0, 0.05) is 25.2 Å². The normalized spacial score (nSPS) is 27.1. The minimum atomic E-state index is 0.286. The van der Waals surface area contributed by atoms with Gasteiger partial charge in [-0.15, -0.1) is 0 Å². The van der Waals surface area contributed by atoms with E-state index in [-0.39, 0.29) is 13.2 Å². The van der Waals surface area contributed by atoms with Crippen LogP contribution in [0.4, 0.5) is 0 Å². The Hall–Kier alpha value is -1.72. The van der Waals surface area contributed by atoms with Gasteiger partial charge in [0.25, 0.3) is 0 Å². The quantitative estimate of drug-likeness (QED) is 0.761. The van der Waals surface area contributed by atoms with Crippen molar-refractivity contribution in [2.75, 3.05) is 26.3 Å². The lowest BCUT2D eigenvalue weighted by molar-refractivity contribution is 0.134. The molecule has 2 fully saturated rings. The Morgan fingerprint density at radius 2 is 1.03 bits per heavy atom. The Morgan fingerprint density at radius 1 is 0.667 bits per heavy atom. The number of aliphatic hydroxyl groups excluding tert-OH is 2. The minimum absolute atomic E-state index is 0.286. The zero-order chi connectivity index (χ0) is 21.3. The molecule has 4 rings (SSSR count). The summed E-state index contributed by atoms with van der Waals surface area (Å²) in [7, 11) is 0. The second kappa shape index (κ2) is 11.6. The summed E-state index contributed by atoms with van der Waals surface area (Å²) >= 11 is 0. The number of hydrogen-bond acceptors (Lipinski definition) is 4. The Morgan fingerprint density at radius 3 is 1.37 bits per heavy atom. The highest BCUT2D eigenvalue weighted by molar-refractivity contribution is 5.15. The lowest BCUT2D eigenvalue weighted by Crippen LogP contribution is -2.34. The van der Waals surface area contributed by atoms with E-state index in [1.54, 1.807) is 0 Å². The van der Waals surface area contributed by atoms with E-state index in [9.17, 15) is 10.2 Å². The van der Waals surface area contributed by atoms with Crippen LogP contribution in [0.1, 0.15) is 37.8 Å². The molecule has 2 aromatic carbocycles. The first-order valence-corrected chi connectivity index (χ1v) is 11.4. The molecule has 0 aliphatic carbocycles. The maximum absolute atomic E-state index is 9.34. The van der Waals surface area contributed by atoms with E-state index < -0.39 is 0 Å². The average Bonchev–Trinajstić information content (AvgIpc) is 3.31. The van der Waals surface area contributed by atoms with E-state index in [1.165, 1.54) is 24.0 Å². The molecular formula is C26H38N2O2. The first kappa shape index (κ1) is 23.0. The fraction of sp³-hybridized carbons (Fsp3) is 0.538. The van der Waals surface area contributed by atoms with Crippen LogP contribution in [0.2, 0.25) is 0 Å². The molecule has 2 N–H and O–H groups in total. The summed E-state index contributed by atoms with van der Waals surface area (Å²) in [6.45, 7) is 9.19. The smallest absolute Gasteiger partial charge is 0.0589 e. The molecule has 2 aliphatic heterocycles. The Kier molecular flexibility index (Phi) is 8.88. The summed E-state index contributed by atoms with van der Waals surface area (Å²) < 4.78 is 0. The number of likely N-dealkylation sites (tertiary alicyclic amines) is 2. The molecule has 0 unspecified atom stereocenters. The summed E-state index contributed by atoms with van der Waals surface area (Å²) in [4.78, 5) is 4.78. The molecule has 2 aromatic rings. The summed E-state index contributed by atoms with van der Waals surface area (Å²) in [6.07, 6.45) is 2.41. The topological polar surface area (TPSA) is 46.9 Å². The standard InChI is InChI=1S/2C13H19NO/c2*1-11-7-8-14(13(11)10-15)9-12-5-3-2-4-6-12/h2*2-6,11,13,15H,7-10H2,1H3/t2*11-,13-/m10/s1. The summed E-state index contributed by atoms with van der Waals surface area (Å²) in [5, 5.41) is 18.7. The van der Waals surface area contributed by atoms with E-state index in [0.29, 0.717) is 23.9 Å². The van der Waals surface area contributed by atoms with Gasteiger partial charge in [-0.3, -0.25) is 9.80 Å². The maximum atomic E-state index is 9.34. The molecule has 30 heavy (non-hydrogen) atoms. The monoisotopic (exact) mass is 410 g/mol. The van der Waals surface area contributed by atoms with Gasteiger partial charge in [0.15, 0.2) is 0 Å². The van der Waals surface area contributed by atoms with E-state index in [1.807, 2.05) is 12.1 Å². The largest absolute Gasteiger partial charge is 0.395 e. The predicted octanol–water partition coefficient (Wildman–Crippen LogP) is 3.78. The lowest BCUT2D eigenvalue weighted by Gasteiger charge is -2.24. The molecule has 2 aliphatic rings. The number of benzene rings is 2. The number of hydrogen-bond donors (Lipinski definition) is 2. The molecule has 4 atom stereocenters. The van der Waals surface area contributed by atoms with E-state index in [4.69, 9.17) is 0 Å². The van der Waals surface area contributed by atoms with Crippen LogP contribution in [-0.4, -0.2) is 58.4 Å². The highest BCUT2D eigenvalue weighted by atomic mass is 16.3. The van der Waals surface area contributed by atoms with Crippen molar-refractivity contribution in [3.63, 3.8) is 0 Å². The SMILES string of the molecule is C[C@@H]1CCN(Cc2ccccc2)[C@@H]1CO.C[C@H]1CCN(Cc2ccccc2)[C@H]1CO. The third-order valence-electron chi connectivity index (χ3n) is 6.83. The van der Waals surface area contributed by atoms with Crippen molar-refractivity contribution in [2.45, 2.75) is 51.9 Å². The summed E-state index contributed by atoms with van der Waals surface area (Å²) in [5.41, 5.74) is 2.68. The molecule has 0 bridgehead atoms. The molecule has 2 heterocycles. The third kappa shape index (κ3) is 6.14. The molecule has 4 heteroatoms. The summed E-state index contributed by atoms with van der Waals surface area (Å²) in [6, 6.07) is 21.7. The molecule has 2 saturated heterocycles. The van der Waals surface area contributed by atoms with Crippen LogP contribution in [0.25, 0.3) is 0 Å². The van der Waals surface area contributed by atoms with Gasteiger partial charge in [-0.05, 0) is 48.9 Å². The number of nitrogens with zero attached hydrogens (tertiary/aromatic N) is 2. The molecule has 4 nitrogen and oxygen atoms in total. The molecule has 0 spiro atoms. The fourth-order valence-electron chi connectivity index (χ4n) is 4.79. The van der Waals surface area contributed by atoms with Gasteiger partial charge >= 0.3 is 0 Å². The fourth-order valence-corrected chi connectivity index (χ4v) is 4.79. The molecule has 0 radical (unpaired) electrons. The van der Waals surface area contributed by atoms with E-state index in [2.05, 4.69) is 72.2 Å². The van der Waals surface area contributed by atoms with Gasteiger partial charge in [-0.25, -0.2) is 0 Å². The Bertz CT molecular complexity index is 661. The first-order valence-electron chi connectivity index (χ1n) is 11.4. The predicted molar refractivity (Wildman–Crippen MR) is 123 cm³/mol. The lowest BCUT2D eigenvalue weighted by atomic mass is 10.0. The van der Waals surface area contributed by atoms with Crippen LogP contribution < -0.4 is 0 Å². The van der Waals surface area contributed by atoms with Gasteiger partial charge in [0.1, 0.15) is 0 Å². The van der Waals surface area contributed by atoms with Crippen molar-refractivity contribution in [3.8, 4) is 0 Å². The van der Waals surface area contributed by atoms with E-state index in [0.717, 1.165) is 26.2 Å². The van der Waals surface area contributed by atoms with Crippen molar-refractivity contribution in [2.24, 2.45) is 11.8 Å². The van der Waals surface area contributed by atoms with Gasteiger partial charge in [-0.2, -0.15) is 0 Å². The molecule has 0 aromatic heterocycles. The van der Waals surface area contributed by atoms with E-state index >= 15 is 0 Å². The summed E-state index contributed by atoms with van der Waals surface area (Å²) in [5.74, 6) is 1.25. The molecule has 164 valence electrons. The molecule has 0 saturated carbocycles. The van der Waals surface area contributed by atoms with Gasteiger partial charge in [0.2, 0.25) is 0 Å². The van der Waals surface area contributed by atoms with Crippen molar-refractivity contribution < 1.29 is 10.2 Å². The Balaban J connectivity index is 0.000000171. The van der Waals surface area contributed by atoms with Crippen LogP contribution in [-0.2, 0) is 13.1 Å². The van der Waals surface area contributed by atoms with Crippen LogP contribution in [0.5, 0.6) is 0 Å². The highest BCUT2D eigenvalue weighted by Gasteiger charge is 2.30. The number of rotatable bonds is 6. The van der Waals surface area contributed by atoms with Crippen molar-refractivity contribution >= 4 is 0 Å². The average molecular weight is 411 g/mol. The van der Waals surface area contributed by atoms with Crippen molar-refractivity contribution in [3.05, 3.63) is 71.8 Å². The molecular weight excluding hydrogens is 372 g/mol. The second-order valence-electron chi connectivity index (χ2n) is 8.94. The van der Waals surface area contributed by atoms with Crippen molar-refractivity contribution in [1.82, 2.24) is 9.80 Å². The van der Waals surface area contributed by atoms with Crippen molar-refractivity contribution in [1.29, 1.82) is 0 Å². The van der Waals surface area contributed by atoms with Gasteiger partial charge in [0.05, 0.1) is 13.2 Å². The maximum Gasteiger partial charge on any atom is 0.0589 e. The van der Waals surface area contributed by atoms with Crippen LogP contribution >= 0.6 is 0 Å². The Labute approximate surface area is 182 Å². The van der Waals surface area contributed by atoms with Crippen LogP contribution in [0.3, 0.4) is 0 Å².